The van der Waals surface area contributed by atoms with Crippen LogP contribution in [0.25, 0.3) is 10.2 Å². The lowest BCUT2D eigenvalue weighted by Gasteiger charge is -2.29. The molecule has 1 atom stereocenters. The Morgan fingerprint density at radius 3 is 2.93 bits per heavy atom. The highest BCUT2D eigenvalue weighted by Gasteiger charge is 2.28. The minimum atomic E-state index is -0.0187. The second-order valence-electron chi connectivity index (χ2n) is 8.82. The molecule has 2 aromatic rings. The highest BCUT2D eigenvalue weighted by atomic mass is 32.1. The van der Waals surface area contributed by atoms with Gasteiger partial charge in [0.2, 0.25) is 5.91 Å². The number of ether oxygens (including phenoxy) is 1. The molecular weight excluding hydrogens is 362 g/mol. The van der Waals surface area contributed by atoms with Gasteiger partial charge in [0.1, 0.15) is 4.83 Å². The predicted molar refractivity (Wildman–Crippen MR) is 106 cm³/mol. The molecule has 0 N–H and O–H groups in total. The van der Waals surface area contributed by atoms with Crippen LogP contribution in [0.5, 0.6) is 0 Å². The minimum Gasteiger partial charge on any atom is -0.376 e. The van der Waals surface area contributed by atoms with Gasteiger partial charge in [-0.3, -0.25) is 14.2 Å². The Morgan fingerprint density at radius 1 is 1.41 bits per heavy atom. The quantitative estimate of drug-likeness (QED) is 0.810. The normalized spacial score (nSPS) is 20.3. The average Bonchev–Trinajstić information content (AvgIpc) is 3.22. The number of hydrogen-bond donors (Lipinski definition) is 0. The molecule has 1 saturated heterocycles. The van der Waals surface area contributed by atoms with Gasteiger partial charge in [0.05, 0.1) is 30.9 Å². The maximum absolute atomic E-state index is 13.0. The standard InChI is InChI=1S/C20H27N3O3S/c1-20(2,3)9-16(24)22-7-6-14-15(11-22)27-18-17(14)19(25)23(12-21-18)10-13-5-4-8-26-13/h12-13H,4-11H2,1-3H3/t13-/m0/s1. The molecule has 0 aliphatic carbocycles. The first kappa shape index (κ1) is 18.6. The molecule has 4 heterocycles. The second kappa shape index (κ2) is 7.02. The van der Waals surface area contributed by atoms with Crippen molar-refractivity contribution < 1.29 is 9.53 Å². The lowest BCUT2D eigenvalue weighted by atomic mass is 9.91. The van der Waals surface area contributed by atoms with E-state index in [9.17, 15) is 9.59 Å². The molecule has 2 aliphatic heterocycles. The first-order chi connectivity index (χ1) is 12.8. The summed E-state index contributed by atoms with van der Waals surface area (Å²) in [6.07, 6.45) is 5.09. The summed E-state index contributed by atoms with van der Waals surface area (Å²) in [7, 11) is 0. The third-order valence-electron chi connectivity index (χ3n) is 5.29. The molecule has 27 heavy (non-hydrogen) atoms. The molecule has 0 spiro atoms. The summed E-state index contributed by atoms with van der Waals surface area (Å²) in [4.78, 5) is 34.0. The Morgan fingerprint density at radius 2 is 2.22 bits per heavy atom. The van der Waals surface area contributed by atoms with E-state index in [4.69, 9.17) is 4.74 Å². The zero-order valence-corrected chi connectivity index (χ0v) is 17.1. The van der Waals surface area contributed by atoms with Crippen LogP contribution in [0, 0.1) is 5.41 Å². The van der Waals surface area contributed by atoms with Gasteiger partial charge in [0, 0.05) is 24.4 Å². The van der Waals surface area contributed by atoms with E-state index in [0.717, 1.165) is 46.5 Å². The average molecular weight is 390 g/mol. The van der Waals surface area contributed by atoms with E-state index in [2.05, 4.69) is 25.8 Å². The zero-order valence-electron chi connectivity index (χ0n) is 16.3. The highest BCUT2D eigenvalue weighted by Crippen LogP contribution is 2.33. The van der Waals surface area contributed by atoms with Crippen molar-refractivity contribution in [2.24, 2.45) is 5.41 Å². The number of rotatable bonds is 3. The molecule has 2 aromatic heterocycles. The molecule has 0 aromatic carbocycles. The number of aromatic nitrogens is 2. The molecule has 4 rings (SSSR count). The summed E-state index contributed by atoms with van der Waals surface area (Å²) < 4.78 is 7.37. The topological polar surface area (TPSA) is 64.4 Å². The molecule has 1 amide bonds. The number of thiophene rings is 1. The first-order valence-corrected chi connectivity index (χ1v) is 10.5. The molecule has 0 radical (unpaired) electrons. The van der Waals surface area contributed by atoms with E-state index in [1.54, 1.807) is 22.2 Å². The number of fused-ring (bicyclic) bond motifs is 3. The maximum Gasteiger partial charge on any atom is 0.262 e. The summed E-state index contributed by atoms with van der Waals surface area (Å²) >= 11 is 1.55. The van der Waals surface area contributed by atoms with Gasteiger partial charge in [-0.1, -0.05) is 20.8 Å². The van der Waals surface area contributed by atoms with Crippen LogP contribution >= 0.6 is 11.3 Å². The van der Waals surface area contributed by atoms with Crippen molar-refractivity contribution in [2.45, 2.75) is 65.6 Å². The predicted octanol–water partition coefficient (Wildman–Crippen LogP) is 2.96. The van der Waals surface area contributed by atoms with Crippen LogP contribution in [0.15, 0.2) is 11.1 Å². The number of carbonyl (C=O) groups is 1. The largest absolute Gasteiger partial charge is 0.376 e. The SMILES string of the molecule is CC(C)(C)CC(=O)N1CCc2c(sc3ncn(C[C@@H]4CCCO4)c(=O)c23)C1. The summed E-state index contributed by atoms with van der Waals surface area (Å²) in [6, 6.07) is 0. The summed E-state index contributed by atoms with van der Waals surface area (Å²) in [5, 5.41) is 0.749. The Hall–Kier alpha value is -1.73. The summed E-state index contributed by atoms with van der Waals surface area (Å²) in [5.41, 5.74) is 1.10. The van der Waals surface area contributed by atoms with Gasteiger partial charge in [-0.15, -0.1) is 11.3 Å². The fourth-order valence-corrected chi connectivity index (χ4v) is 5.13. The van der Waals surface area contributed by atoms with Gasteiger partial charge in [-0.2, -0.15) is 0 Å². The van der Waals surface area contributed by atoms with E-state index in [1.807, 2.05) is 4.90 Å². The van der Waals surface area contributed by atoms with Crippen molar-refractivity contribution >= 4 is 27.5 Å². The summed E-state index contributed by atoms with van der Waals surface area (Å²) in [6.45, 7) is 8.87. The van der Waals surface area contributed by atoms with Crippen LogP contribution in [0.2, 0.25) is 0 Å². The van der Waals surface area contributed by atoms with E-state index >= 15 is 0 Å². The van der Waals surface area contributed by atoms with Gasteiger partial charge in [-0.25, -0.2) is 4.98 Å². The molecule has 1 fully saturated rings. The molecule has 2 aliphatic rings. The van der Waals surface area contributed by atoms with Crippen LogP contribution in [0.1, 0.15) is 50.5 Å². The van der Waals surface area contributed by atoms with Crippen LogP contribution in [-0.2, 0) is 29.0 Å². The molecule has 0 bridgehead atoms. The van der Waals surface area contributed by atoms with Gasteiger partial charge >= 0.3 is 0 Å². The van der Waals surface area contributed by atoms with Crippen LogP contribution in [0.4, 0.5) is 0 Å². The number of nitrogens with zero attached hydrogens (tertiary/aromatic N) is 3. The van der Waals surface area contributed by atoms with Crippen molar-refractivity contribution in [2.75, 3.05) is 13.2 Å². The maximum atomic E-state index is 13.0. The first-order valence-electron chi connectivity index (χ1n) is 9.71. The van der Waals surface area contributed by atoms with Crippen molar-refractivity contribution in [3.8, 4) is 0 Å². The van der Waals surface area contributed by atoms with Crippen molar-refractivity contribution in [3.05, 3.63) is 27.1 Å². The van der Waals surface area contributed by atoms with E-state index in [1.165, 1.54) is 0 Å². The van der Waals surface area contributed by atoms with Gasteiger partial charge in [0.15, 0.2) is 0 Å². The van der Waals surface area contributed by atoms with Gasteiger partial charge in [-0.05, 0) is 30.2 Å². The minimum absolute atomic E-state index is 0.0187. The molecule has 7 heteroatoms. The summed E-state index contributed by atoms with van der Waals surface area (Å²) in [5.74, 6) is 0.189. The Labute approximate surface area is 163 Å². The monoisotopic (exact) mass is 389 g/mol. The fraction of sp³-hybridized carbons (Fsp3) is 0.650. The molecule has 0 saturated carbocycles. The third-order valence-corrected chi connectivity index (χ3v) is 6.41. The van der Waals surface area contributed by atoms with E-state index < -0.39 is 0 Å². The smallest absolute Gasteiger partial charge is 0.262 e. The van der Waals surface area contributed by atoms with E-state index in [0.29, 0.717) is 26.1 Å². The fourth-order valence-electron chi connectivity index (χ4n) is 3.93. The lowest BCUT2D eigenvalue weighted by Crippen LogP contribution is -2.37. The molecule has 0 unspecified atom stereocenters. The van der Waals surface area contributed by atoms with Crippen LogP contribution in [-0.4, -0.2) is 39.6 Å². The lowest BCUT2D eigenvalue weighted by molar-refractivity contribution is -0.133. The van der Waals surface area contributed by atoms with Crippen molar-refractivity contribution in [1.82, 2.24) is 14.5 Å². The highest BCUT2D eigenvalue weighted by molar-refractivity contribution is 7.18. The Balaban J connectivity index is 1.60. The van der Waals surface area contributed by atoms with Gasteiger partial charge < -0.3 is 9.64 Å². The van der Waals surface area contributed by atoms with Gasteiger partial charge in [0.25, 0.3) is 5.56 Å². The Bertz CT molecular complexity index is 919. The number of carbonyl (C=O) groups excluding carboxylic acids is 1. The van der Waals surface area contributed by atoms with Crippen molar-refractivity contribution in [3.63, 3.8) is 0 Å². The van der Waals surface area contributed by atoms with Crippen LogP contribution in [0.3, 0.4) is 0 Å². The molecule has 6 nitrogen and oxygen atoms in total. The molecule has 146 valence electrons. The van der Waals surface area contributed by atoms with Crippen LogP contribution < -0.4 is 5.56 Å². The number of hydrogen-bond acceptors (Lipinski definition) is 5. The third kappa shape index (κ3) is 3.80. The number of amides is 1. The second-order valence-corrected chi connectivity index (χ2v) is 9.91. The van der Waals surface area contributed by atoms with E-state index in [-0.39, 0.29) is 23.0 Å². The van der Waals surface area contributed by atoms with Crippen molar-refractivity contribution in [1.29, 1.82) is 0 Å². The molecular formula is C20H27N3O3S. The zero-order chi connectivity index (χ0) is 19.2. The Kier molecular flexibility index (Phi) is 4.84.